The third kappa shape index (κ3) is 4.47. The molecule has 1 saturated carbocycles. The van der Waals surface area contributed by atoms with E-state index < -0.39 is 0 Å². The molecule has 1 aliphatic carbocycles. The van der Waals surface area contributed by atoms with Crippen LogP contribution in [0.1, 0.15) is 67.0 Å². The molecule has 1 saturated heterocycles. The van der Waals surface area contributed by atoms with E-state index in [2.05, 4.69) is 51.1 Å². The standard InChI is InChI=1S/C27H39N5O/c1-28-15-18-30(2)20-23-25(24-9-6-16-32(24)29-23)22-10-12-27(13-11-22)14-17-31(26(27)33)19-21-7-4-3-5-8-21/h3-5,7-8,22,28H,6,9-20H2,1-2H3. The Bertz CT molecular complexity index is 960. The third-order valence-corrected chi connectivity index (χ3v) is 8.29. The van der Waals surface area contributed by atoms with Crippen LogP contribution in [0.5, 0.6) is 0 Å². The topological polar surface area (TPSA) is 53.4 Å². The van der Waals surface area contributed by atoms with Crippen molar-refractivity contribution in [1.29, 1.82) is 0 Å². The summed E-state index contributed by atoms with van der Waals surface area (Å²) in [6, 6.07) is 10.4. The number of likely N-dealkylation sites (tertiary alicyclic amines) is 1. The predicted octanol–water partition coefficient (Wildman–Crippen LogP) is 3.56. The van der Waals surface area contributed by atoms with Crippen LogP contribution in [0.2, 0.25) is 0 Å². The Hall–Kier alpha value is -2.18. The van der Waals surface area contributed by atoms with Gasteiger partial charge in [0.25, 0.3) is 0 Å². The van der Waals surface area contributed by atoms with E-state index in [1.807, 2.05) is 13.1 Å². The Kier molecular flexibility index (Phi) is 6.57. The van der Waals surface area contributed by atoms with E-state index >= 15 is 0 Å². The van der Waals surface area contributed by atoms with Crippen molar-refractivity contribution in [3.63, 3.8) is 0 Å². The average molecular weight is 450 g/mol. The summed E-state index contributed by atoms with van der Waals surface area (Å²) in [6.45, 7) is 5.66. The lowest BCUT2D eigenvalue weighted by atomic mass is 9.67. The van der Waals surface area contributed by atoms with E-state index in [4.69, 9.17) is 5.10 Å². The second-order valence-electron chi connectivity index (χ2n) is 10.5. The number of nitrogens with one attached hydrogen (secondary N) is 1. The number of aromatic nitrogens is 2. The van der Waals surface area contributed by atoms with Crippen molar-refractivity contribution in [3.05, 3.63) is 52.8 Å². The van der Waals surface area contributed by atoms with Gasteiger partial charge in [0.2, 0.25) is 5.91 Å². The Morgan fingerprint density at radius 2 is 1.94 bits per heavy atom. The van der Waals surface area contributed by atoms with Crippen LogP contribution < -0.4 is 5.32 Å². The maximum atomic E-state index is 13.5. The first-order valence-corrected chi connectivity index (χ1v) is 12.8. The smallest absolute Gasteiger partial charge is 0.229 e. The molecule has 5 rings (SSSR count). The van der Waals surface area contributed by atoms with Crippen molar-refractivity contribution in [2.75, 3.05) is 33.7 Å². The molecule has 3 aliphatic rings. The summed E-state index contributed by atoms with van der Waals surface area (Å²) in [7, 11) is 4.20. The van der Waals surface area contributed by atoms with Gasteiger partial charge in [0.15, 0.2) is 0 Å². The fraction of sp³-hybridized carbons (Fsp3) is 0.630. The normalized spacial score (nSPS) is 24.9. The van der Waals surface area contributed by atoms with E-state index in [9.17, 15) is 4.79 Å². The van der Waals surface area contributed by atoms with Gasteiger partial charge in [0, 0.05) is 50.5 Å². The fourth-order valence-electron chi connectivity index (χ4n) is 6.41. The monoisotopic (exact) mass is 449 g/mol. The van der Waals surface area contributed by atoms with Crippen molar-refractivity contribution in [1.82, 2.24) is 24.9 Å². The third-order valence-electron chi connectivity index (χ3n) is 8.29. The lowest BCUT2D eigenvalue weighted by molar-refractivity contribution is -0.138. The highest BCUT2D eigenvalue weighted by molar-refractivity contribution is 5.85. The van der Waals surface area contributed by atoms with Crippen LogP contribution in [-0.4, -0.2) is 59.2 Å². The number of nitrogens with zero attached hydrogens (tertiary/aromatic N) is 4. The second-order valence-corrected chi connectivity index (χ2v) is 10.5. The number of carbonyl (C=O) groups is 1. The van der Waals surface area contributed by atoms with E-state index in [1.54, 1.807) is 0 Å². The van der Waals surface area contributed by atoms with Gasteiger partial charge in [0.05, 0.1) is 11.1 Å². The Morgan fingerprint density at radius 3 is 2.70 bits per heavy atom. The zero-order valence-corrected chi connectivity index (χ0v) is 20.4. The number of hydrogen-bond donors (Lipinski definition) is 1. The zero-order valence-electron chi connectivity index (χ0n) is 20.4. The maximum absolute atomic E-state index is 13.5. The molecule has 0 bridgehead atoms. The predicted molar refractivity (Wildman–Crippen MR) is 131 cm³/mol. The van der Waals surface area contributed by atoms with Gasteiger partial charge in [-0.15, -0.1) is 0 Å². The number of likely N-dealkylation sites (N-methyl/N-ethyl adjacent to an activating group) is 2. The van der Waals surface area contributed by atoms with E-state index in [0.29, 0.717) is 11.8 Å². The van der Waals surface area contributed by atoms with Crippen LogP contribution in [0.4, 0.5) is 0 Å². The molecule has 1 amide bonds. The molecule has 2 aliphatic heterocycles. The van der Waals surface area contributed by atoms with Gasteiger partial charge in [-0.1, -0.05) is 30.3 Å². The zero-order chi connectivity index (χ0) is 22.8. The van der Waals surface area contributed by atoms with Crippen LogP contribution in [-0.2, 0) is 30.8 Å². The van der Waals surface area contributed by atoms with Gasteiger partial charge >= 0.3 is 0 Å². The molecule has 1 aromatic carbocycles. The number of benzene rings is 1. The van der Waals surface area contributed by atoms with Gasteiger partial charge < -0.3 is 10.2 Å². The van der Waals surface area contributed by atoms with Crippen LogP contribution in [0.3, 0.4) is 0 Å². The first kappa shape index (κ1) is 22.6. The second kappa shape index (κ2) is 9.59. The first-order chi connectivity index (χ1) is 16.1. The van der Waals surface area contributed by atoms with Crippen LogP contribution in [0.25, 0.3) is 0 Å². The number of hydrogen-bond acceptors (Lipinski definition) is 4. The van der Waals surface area contributed by atoms with Crippen molar-refractivity contribution in [2.45, 2.75) is 70.5 Å². The molecule has 1 N–H and O–H groups in total. The quantitative estimate of drug-likeness (QED) is 0.670. The van der Waals surface area contributed by atoms with Crippen molar-refractivity contribution in [2.24, 2.45) is 5.41 Å². The minimum absolute atomic E-state index is 0.120. The number of carbonyl (C=O) groups excluding carboxylic acids is 1. The summed E-state index contributed by atoms with van der Waals surface area (Å²) in [4.78, 5) is 18.0. The molecule has 2 fully saturated rings. The molecular weight excluding hydrogens is 410 g/mol. The number of amides is 1. The molecule has 3 heterocycles. The molecule has 1 aromatic heterocycles. The van der Waals surface area contributed by atoms with Gasteiger partial charge in [0.1, 0.15) is 0 Å². The summed E-state index contributed by atoms with van der Waals surface area (Å²) in [5.41, 5.74) is 5.42. The molecule has 1 spiro atoms. The van der Waals surface area contributed by atoms with Crippen LogP contribution in [0.15, 0.2) is 30.3 Å². The SMILES string of the molecule is CNCCN(C)Cc1nn2c(c1C1CCC3(CC1)CCN(Cc1ccccc1)C3=O)CCC2. The van der Waals surface area contributed by atoms with Gasteiger partial charge in [-0.25, -0.2) is 0 Å². The Balaban J connectivity index is 1.27. The van der Waals surface area contributed by atoms with Gasteiger partial charge in [-0.2, -0.15) is 5.10 Å². The van der Waals surface area contributed by atoms with Crippen molar-refractivity contribution >= 4 is 5.91 Å². The molecule has 33 heavy (non-hydrogen) atoms. The molecule has 6 nitrogen and oxygen atoms in total. The van der Waals surface area contributed by atoms with Crippen LogP contribution >= 0.6 is 0 Å². The molecule has 178 valence electrons. The Morgan fingerprint density at radius 1 is 1.15 bits per heavy atom. The first-order valence-electron chi connectivity index (χ1n) is 12.8. The number of aryl methyl sites for hydroxylation is 1. The highest BCUT2D eigenvalue weighted by Gasteiger charge is 2.49. The largest absolute Gasteiger partial charge is 0.338 e. The number of rotatable bonds is 8. The fourth-order valence-corrected chi connectivity index (χ4v) is 6.41. The molecule has 2 aromatic rings. The van der Waals surface area contributed by atoms with Crippen LogP contribution in [0, 0.1) is 5.41 Å². The molecule has 0 radical (unpaired) electrons. The Labute approximate surface area is 198 Å². The van der Waals surface area contributed by atoms with E-state index in [-0.39, 0.29) is 5.41 Å². The minimum atomic E-state index is -0.120. The molecule has 0 unspecified atom stereocenters. The summed E-state index contributed by atoms with van der Waals surface area (Å²) in [5, 5.41) is 8.31. The molecular formula is C27H39N5O. The van der Waals surface area contributed by atoms with E-state index in [0.717, 1.165) is 77.8 Å². The highest BCUT2D eigenvalue weighted by Crippen LogP contribution is 2.50. The summed E-state index contributed by atoms with van der Waals surface area (Å²) < 4.78 is 2.28. The number of fused-ring (bicyclic) bond motifs is 1. The van der Waals surface area contributed by atoms with Gasteiger partial charge in [-0.3, -0.25) is 14.4 Å². The van der Waals surface area contributed by atoms with E-state index in [1.165, 1.54) is 28.9 Å². The summed E-state index contributed by atoms with van der Waals surface area (Å²) >= 11 is 0. The minimum Gasteiger partial charge on any atom is -0.338 e. The summed E-state index contributed by atoms with van der Waals surface area (Å²) in [5.74, 6) is 0.957. The lowest BCUT2D eigenvalue weighted by Crippen LogP contribution is -2.37. The van der Waals surface area contributed by atoms with Crippen molar-refractivity contribution < 1.29 is 4.79 Å². The molecule has 6 heteroatoms. The highest BCUT2D eigenvalue weighted by atomic mass is 16.2. The van der Waals surface area contributed by atoms with Crippen molar-refractivity contribution in [3.8, 4) is 0 Å². The summed E-state index contributed by atoms with van der Waals surface area (Å²) in [6.07, 6.45) is 7.70. The molecule has 0 atom stereocenters. The maximum Gasteiger partial charge on any atom is 0.229 e. The average Bonchev–Trinajstić information content (AvgIpc) is 3.49. The van der Waals surface area contributed by atoms with Gasteiger partial charge in [-0.05, 0) is 70.5 Å². The lowest BCUT2D eigenvalue weighted by Gasteiger charge is -2.36.